The van der Waals surface area contributed by atoms with Crippen LogP contribution < -0.4 is 0 Å². The van der Waals surface area contributed by atoms with Crippen LogP contribution in [0.4, 0.5) is 4.39 Å². The molecule has 7 heavy (non-hydrogen) atoms. The highest BCUT2D eigenvalue weighted by Crippen LogP contribution is 1.73. The van der Waals surface area contributed by atoms with Crippen molar-refractivity contribution in [2.24, 2.45) is 0 Å². The van der Waals surface area contributed by atoms with Gasteiger partial charge in [-0.15, -0.1) is 0 Å². The van der Waals surface area contributed by atoms with Crippen molar-refractivity contribution in [3.63, 3.8) is 0 Å². The van der Waals surface area contributed by atoms with Crippen LogP contribution >= 0.6 is 0 Å². The minimum atomic E-state index is -0.384. The van der Waals surface area contributed by atoms with Gasteiger partial charge in [0.1, 0.15) is 17.2 Å². The lowest BCUT2D eigenvalue weighted by Crippen LogP contribution is -1.81. The summed E-state index contributed by atoms with van der Waals surface area (Å²) >= 11 is 0. The molecule has 0 aliphatic carbocycles. The van der Waals surface area contributed by atoms with E-state index in [9.17, 15) is 4.39 Å². The monoisotopic (exact) mass is 120 g/mol. The third kappa shape index (κ3) is 5.85. The van der Waals surface area contributed by atoms with E-state index in [4.69, 9.17) is 4.43 Å². The van der Waals surface area contributed by atoms with E-state index in [-0.39, 0.29) is 6.67 Å². The Morgan fingerprint density at radius 3 is 2.71 bits per heavy atom. The van der Waals surface area contributed by atoms with Crippen LogP contribution in [0.15, 0.2) is 12.2 Å². The maximum Gasteiger partial charge on any atom is 0.146 e. The van der Waals surface area contributed by atoms with Gasteiger partial charge in [0.25, 0.3) is 0 Å². The first kappa shape index (κ1) is 6.85. The van der Waals surface area contributed by atoms with Crippen molar-refractivity contribution in [1.29, 1.82) is 0 Å². The molecule has 0 N–H and O–H groups in total. The molecule has 0 saturated carbocycles. The molecular formula is C4H9FOSi. The molecule has 0 bridgehead atoms. The normalized spacial score (nSPS) is 11.0. The van der Waals surface area contributed by atoms with Crippen molar-refractivity contribution in [1.82, 2.24) is 0 Å². The highest BCUT2D eigenvalue weighted by atomic mass is 28.2. The van der Waals surface area contributed by atoms with Crippen molar-refractivity contribution in [2.45, 2.75) is 0 Å². The predicted molar refractivity (Wildman–Crippen MR) is 31.0 cm³/mol. The number of rotatable bonds is 3. The Balaban J connectivity index is 2.78. The first-order valence-corrected chi connectivity index (χ1v) is 2.93. The molecule has 0 rings (SSSR count). The number of alkyl halides is 1. The summed E-state index contributed by atoms with van der Waals surface area (Å²) in [7, 11) is 0.732. The summed E-state index contributed by atoms with van der Waals surface area (Å²) in [6, 6.07) is 0. The highest BCUT2D eigenvalue weighted by molar-refractivity contribution is 5.98. The van der Waals surface area contributed by atoms with E-state index in [1.165, 1.54) is 6.08 Å². The Labute approximate surface area is 45.7 Å². The zero-order chi connectivity index (χ0) is 5.54. The Morgan fingerprint density at radius 1 is 1.57 bits per heavy atom. The molecule has 0 radical (unpaired) electrons. The molecule has 0 fully saturated rings. The van der Waals surface area contributed by atoms with Gasteiger partial charge in [-0.05, 0) is 0 Å². The third-order valence-electron chi connectivity index (χ3n) is 0.519. The Morgan fingerprint density at radius 2 is 2.29 bits per heavy atom. The number of halogens is 1. The zero-order valence-corrected chi connectivity index (χ0v) is 6.36. The van der Waals surface area contributed by atoms with Crippen LogP contribution in [0.25, 0.3) is 0 Å². The molecule has 0 aliphatic heterocycles. The van der Waals surface area contributed by atoms with Gasteiger partial charge < -0.3 is 4.43 Å². The van der Waals surface area contributed by atoms with Crippen molar-refractivity contribution in [3.05, 3.63) is 12.2 Å². The number of hydrogen-bond acceptors (Lipinski definition) is 1. The number of allylic oxidation sites excluding steroid dienone is 1. The number of hydrogen-bond donors (Lipinski definition) is 0. The summed E-state index contributed by atoms with van der Waals surface area (Å²) in [6.45, 7) is 0.182. The van der Waals surface area contributed by atoms with E-state index in [2.05, 4.69) is 0 Å². The van der Waals surface area contributed by atoms with Crippen molar-refractivity contribution in [3.8, 4) is 0 Å². The topological polar surface area (TPSA) is 9.23 Å². The van der Waals surface area contributed by atoms with Crippen molar-refractivity contribution >= 4 is 10.5 Å². The van der Waals surface area contributed by atoms with Crippen LogP contribution in [0.2, 0.25) is 0 Å². The van der Waals surface area contributed by atoms with Crippen molar-refractivity contribution < 1.29 is 8.82 Å². The Bertz CT molecular complexity index is 55.7. The molecule has 0 spiro atoms. The van der Waals surface area contributed by atoms with E-state index in [1.807, 2.05) is 0 Å². The van der Waals surface area contributed by atoms with Gasteiger partial charge in [-0.25, -0.2) is 4.39 Å². The second kappa shape index (κ2) is 5.85. The lowest BCUT2D eigenvalue weighted by Gasteiger charge is -1.83. The fourth-order valence-electron chi connectivity index (χ4n) is 0.227. The smallest absolute Gasteiger partial charge is 0.146 e. The second-order valence-corrected chi connectivity index (χ2v) is 1.66. The molecule has 0 aromatic heterocycles. The average molecular weight is 120 g/mol. The summed E-state index contributed by atoms with van der Waals surface area (Å²) in [5.41, 5.74) is 0. The summed E-state index contributed by atoms with van der Waals surface area (Å²) < 4.78 is 15.9. The van der Waals surface area contributed by atoms with Crippen LogP contribution in [-0.2, 0) is 4.43 Å². The molecule has 0 unspecified atom stereocenters. The molecule has 1 nitrogen and oxygen atoms in total. The highest BCUT2D eigenvalue weighted by Gasteiger charge is 1.67. The minimum absolute atomic E-state index is 0.384. The standard InChI is InChI=1S/C4H9FOSi/c5-3-1-2-4-6-7/h1-2H,3-4H2,7H3. The van der Waals surface area contributed by atoms with Crippen LogP contribution in [0, 0.1) is 0 Å². The quantitative estimate of drug-likeness (QED) is 0.370. The van der Waals surface area contributed by atoms with Gasteiger partial charge in [0.05, 0.1) is 6.61 Å². The first-order valence-electron chi connectivity index (χ1n) is 2.11. The maximum absolute atomic E-state index is 11.2. The molecule has 3 heteroatoms. The summed E-state index contributed by atoms with van der Waals surface area (Å²) in [5.74, 6) is 0. The minimum Gasteiger partial charge on any atom is -0.424 e. The Hall–Kier alpha value is -0.153. The van der Waals surface area contributed by atoms with Gasteiger partial charge in [0, 0.05) is 0 Å². The van der Waals surface area contributed by atoms with Gasteiger partial charge >= 0.3 is 0 Å². The first-order chi connectivity index (χ1) is 3.41. The molecule has 0 atom stereocenters. The maximum atomic E-state index is 11.2. The van der Waals surface area contributed by atoms with Crippen LogP contribution in [0.3, 0.4) is 0 Å². The fourth-order valence-corrected chi connectivity index (χ4v) is 0.420. The van der Waals surface area contributed by atoms with E-state index < -0.39 is 0 Å². The molecule has 0 aromatic rings. The van der Waals surface area contributed by atoms with Crippen LogP contribution in [-0.4, -0.2) is 23.8 Å². The van der Waals surface area contributed by atoms with Gasteiger partial charge in [-0.3, -0.25) is 0 Å². The van der Waals surface area contributed by atoms with Crippen molar-refractivity contribution in [2.75, 3.05) is 13.3 Å². The zero-order valence-electron chi connectivity index (χ0n) is 4.36. The molecule has 42 valence electrons. The lowest BCUT2D eigenvalue weighted by atomic mass is 10.5. The fraction of sp³-hybridized carbons (Fsp3) is 0.500. The van der Waals surface area contributed by atoms with Crippen LogP contribution in [0.1, 0.15) is 0 Å². The SMILES string of the molecule is FCC=CCO[SiH3]. The molecule has 0 aliphatic rings. The molecular weight excluding hydrogens is 111 g/mol. The lowest BCUT2D eigenvalue weighted by molar-refractivity contribution is 0.400. The van der Waals surface area contributed by atoms with Gasteiger partial charge in [-0.1, -0.05) is 12.2 Å². The summed E-state index contributed by atoms with van der Waals surface area (Å²) in [6.07, 6.45) is 3.12. The second-order valence-electron chi connectivity index (χ2n) is 1.08. The van der Waals surface area contributed by atoms with Gasteiger partial charge in [-0.2, -0.15) is 0 Å². The molecule has 0 aromatic carbocycles. The third-order valence-corrected chi connectivity index (χ3v) is 0.852. The van der Waals surface area contributed by atoms with E-state index in [1.54, 1.807) is 6.08 Å². The van der Waals surface area contributed by atoms with E-state index in [0.29, 0.717) is 6.61 Å². The predicted octanol–water partition coefficient (Wildman–Crippen LogP) is -0.191. The Kier molecular flexibility index (Phi) is 5.72. The largest absolute Gasteiger partial charge is 0.424 e. The van der Waals surface area contributed by atoms with Gasteiger partial charge in [0.15, 0.2) is 0 Å². The summed E-state index contributed by atoms with van der Waals surface area (Å²) in [5, 5.41) is 0. The molecule has 0 saturated heterocycles. The van der Waals surface area contributed by atoms with E-state index in [0.717, 1.165) is 10.5 Å². The molecule has 0 amide bonds. The molecule has 0 heterocycles. The van der Waals surface area contributed by atoms with E-state index >= 15 is 0 Å². The average Bonchev–Trinajstić information content (AvgIpc) is 1.69. The van der Waals surface area contributed by atoms with Crippen LogP contribution in [0.5, 0.6) is 0 Å². The van der Waals surface area contributed by atoms with Gasteiger partial charge in [0.2, 0.25) is 0 Å². The summed E-state index contributed by atoms with van der Waals surface area (Å²) in [4.78, 5) is 0.